The zero-order valence-electron chi connectivity index (χ0n) is 23.2. The van der Waals surface area contributed by atoms with Crippen LogP contribution in [0, 0.1) is 0 Å². The van der Waals surface area contributed by atoms with Gasteiger partial charge in [0.25, 0.3) is 0 Å². The van der Waals surface area contributed by atoms with Crippen molar-refractivity contribution < 1.29 is 9.53 Å². The van der Waals surface area contributed by atoms with Gasteiger partial charge >= 0.3 is 0 Å². The van der Waals surface area contributed by atoms with E-state index in [4.69, 9.17) is 4.74 Å². The van der Waals surface area contributed by atoms with Crippen LogP contribution in [0.1, 0.15) is 24.1 Å². The molecule has 1 atom stereocenters. The van der Waals surface area contributed by atoms with Crippen molar-refractivity contribution in [2.75, 3.05) is 49.6 Å². The number of fused-ring (bicyclic) bond motifs is 1. The number of carbonyl (C=O) groups is 1. The first-order valence-corrected chi connectivity index (χ1v) is 14.2. The second-order valence-corrected chi connectivity index (χ2v) is 10.6. The van der Waals surface area contributed by atoms with E-state index in [0.717, 1.165) is 85.1 Å². The first kappa shape index (κ1) is 26.9. The first-order chi connectivity index (χ1) is 20.1. The molecule has 10 nitrogen and oxygen atoms in total. The molecule has 4 aromatic rings. The normalized spacial score (nSPS) is 17.9. The summed E-state index contributed by atoms with van der Waals surface area (Å²) < 4.78 is 5.50. The van der Waals surface area contributed by atoms with E-state index in [9.17, 15) is 4.79 Å². The third kappa shape index (κ3) is 6.55. The minimum absolute atomic E-state index is 0.101. The lowest BCUT2D eigenvalue weighted by Gasteiger charge is -2.33. The zero-order chi connectivity index (χ0) is 28.0. The number of hydrogen-bond acceptors (Lipinski definition) is 8. The molecule has 0 aliphatic carbocycles. The number of aromatic nitrogens is 4. The minimum Gasteiger partial charge on any atom is -0.379 e. The van der Waals surface area contributed by atoms with E-state index in [-0.39, 0.29) is 11.9 Å². The van der Waals surface area contributed by atoms with E-state index < -0.39 is 0 Å². The fourth-order valence-electron chi connectivity index (χ4n) is 5.63. The van der Waals surface area contributed by atoms with Crippen LogP contribution in [-0.2, 0) is 22.6 Å². The summed E-state index contributed by atoms with van der Waals surface area (Å²) >= 11 is 0. The third-order valence-electron chi connectivity index (χ3n) is 7.71. The molecule has 1 aromatic carbocycles. The summed E-state index contributed by atoms with van der Waals surface area (Å²) in [5.41, 5.74) is 6.19. The molecule has 41 heavy (non-hydrogen) atoms. The van der Waals surface area contributed by atoms with E-state index in [1.54, 1.807) is 6.33 Å². The summed E-state index contributed by atoms with van der Waals surface area (Å²) in [7, 11) is 0. The molecule has 2 aliphatic rings. The molecule has 0 radical (unpaired) electrons. The summed E-state index contributed by atoms with van der Waals surface area (Å²) in [6.07, 6.45) is 6.91. The van der Waals surface area contributed by atoms with Gasteiger partial charge in [0.2, 0.25) is 5.91 Å². The summed E-state index contributed by atoms with van der Waals surface area (Å²) in [6, 6.07) is 14.9. The van der Waals surface area contributed by atoms with E-state index in [0.29, 0.717) is 19.8 Å². The number of nitrogens with one attached hydrogen (secondary N) is 3. The topological polar surface area (TPSA) is 111 Å². The molecule has 3 N–H and O–H groups in total. The predicted molar refractivity (Wildman–Crippen MR) is 161 cm³/mol. The van der Waals surface area contributed by atoms with Gasteiger partial charge in [0.05, 0.1) is 30.8 Å². The Kier molecular flexibility index (Phi) is 8.20. The van der Waals surface area contributed by atoms with Crippen molar-refractivity contribution in [1.29, 1.82) is 0 Å². The van der Waals surface area contributed by atoms with Crippen molar-refractivity contribution in [2.45, 2.75) is 32.0 Å². The number of amides is 1. The molecule has 2 aliphatic heterocycles. The molecule has 3 aromatic heterocycles. The lowest BCUT2D eigenvalue weighted by atomic mass is 10.0. The van der Waals surface area contributed by atoms with Crippen LogP contribution in [0.3, 0.4) is 0 Å². The number of hydrogen-bond donors (Lipinski definition) is 3. The Morgan fingerprint density at radius 3 is 2.78 bits per heavy atom. The van der Waals surface area contributed by atoms with Gasteiger partial charge in [-0.2, -0.15) is 0 Å². The van der Waals surface area contributed by atoms with Crippen molar-refractivity contribution >= 4 is 28.4 Å². The average molecular weight is 553 g/mol. The molecule has 6 rings (SSSR count). The standard InChI is InChI=1S/C31H36N8O2/c1-2-29(40)36-25-4-3-11-38(20-25)19-22-9-10-32-26(16-22)18-33-24-7-5-23(6-8-24)28-17-27-30(37-28)34-21-35-31(27)39-12-14-41-15-13-39/h2,5-10,16-17,21,25,33H,1,3-4,11-15,18-20H2,(H,36,40)(H,34,35,37)/t25-/m1/s1. The van der Waals surface area contributed by atoms with Gasteiger partial charge in [-0.15, -0.1) is 0 Å². The highest BCUT2D eigenvalue weighted by Crippen LogP contribution is 2.29. The highest BCUT2D eigenvalue weighted by Gasteiger charge is 2.21. The number of rotatable bonds is 9. The maximum absolute atomic E-state index is 11.7. The fourth-order valence-corrected chi connectivity index (χ4v) is 5.63. The molecule has 212 valence electrons. The van der Waals surface area contributed by atoms with Crippen LogP contribution < -0.4 is 15.5 Å². The SMILES string of the molecule is C=CC(=O)N[C@@H]1CCCN(Cc2ccnc(CNc3ccc(-c4cc5c(N6CCOCC6)ncnc5[nH]4)cc3)c2)C1. The summed E-state index contributed by atoms with van der Waals surface area (Å²) in [6.45, 7) is 10.0. The van der Waals surface area contributed by atoms with Crippen LogP contribution in [0.15, 0.2) is 67.6 Å². The molecule has 10 heteroatoms. The smallest absolute Gasteiger partial charge is 0.243 e. The molecular formula is C31H36N8O2. The van der Waals surface area contributed by atoms with Gasteiger partial charge in [0, 0.05) is 49.8 Å². The third-order valence-corrected chi connectivity index (χ3v) is 7.71. The fraction of sp³-hybridized carbons (Fsp3) is 0.355. The Balaban J connectivity index is 1.07. The number of ether oxygens (including phenoxy) is 1. The largest absolute Gasteiger partial charge is 0.379 e. The van der Waals surface area contributed by atoms with Gasteiger partial charge in [-0.3, -0.25) is 14.7 Å². The number of carbonyl (C=O) groups excluding carboxylic acids is 1. The lowest BCUT2D eigenvalue weighted by molar-refractivity contribution is -0.117. The van der Waals surface area contributed by atoms with Crippen LogP contribution in [-0.4, -0.2) is 76.2 Å². The van der Waals surface area contributed by atoms with Gasteiger partial charge in [0.15, 0.2) is 0 Å². The molecule has 0 spiro atoms. The number of nitrogens with zero attached hydrogens (tertiary/aromatic N) is 5. The highest BCUT2D eigenvalue weighted by atomic mass is 16.5. The molecular weight excluding hydrogens is 516 g/mol. The number of likely N-dealkylation sites (tertiary alicyclic amines) is 1. The Morgan fingerprint density at radius 2 is 1.95 bits per heavy atom. The van der Waals surface area contributed by atoms with Gasteiger partial charge in [-0.05, 0) is 66.9 Å². The van der Waals surface area contributed by atoms with Crippen molar-refractivity contribution in [3.63, 3.8) is 0 Å². The highest BCUT2D eigenvalue weighted by molar-refractivity contribution is 5.92. The Bertz CT molecular complexity index is 1500. The number of anilines is 2. The Labute approximate surface area is 239 Å². The van der Waals surface area contributed by atoms with Crippen molar-refractivity contribution in [3.8, 4) is 11.3 Å². The second kappa shape index (κ2) is 12.5. The van der Waals surface area contributed by atoms with Crippen molar-refractivity contribution in [1.82, 2.24) is 30.2 Å². The molecule has 5 heterocycles. The van der Waals surface area contributed by atoms with E-state index >= 15 is 0 Å². The average Bonchev–Trinajstić information content (AvgIpc) is 3.46. The molecule has 0 saturated carbocycles. The molecule has 0 unspecified atom stereocenters. The number of H-pyrrole nitrogens is 1. The monoisotopic (exact) mass is 552 g/mol. The number of aromatic amines is 1. The predicted octanol–water partition coefficient (Wildman–Crippen LogP) is 3.74. The minimum atomic E-state index is -0.101. The maximum Gasteiger partial charge on any atom is 0.243 e. The van der Waals surface area contributed by atoms with E-state index in [2.05, 4.69) is 89.4 Å². The first-order valence-electron chi connectivity index (χ1n) is 14.2. The molecule has 2 fully saturated rings. The summed E-state index contributed by atoms with van der Waals surface area (Å²) in [4.78, 5) is 33.4. The van der Waals surface area contributed by atoms with E-state index in [1.807, 2.05) is 6.20 Å². The number of morpholine rings is 1. The van der Waals surface area contributed by atoms with Crippen LogP contribution in [0.25, 0.3) is 22.3 Å². The van der Waals surface area contributed by atoms with Crippen LogP contribution >= 0.6 is 0 Å². The molecule has 0 bridgehead atoms. The van der Waals surface area contributed by atoms with Gasteiger partial charge in [0.1, 0.15) is 17.8 Å². The Morgan fingerprint density at radius 1 is 1.10 bits per heavy atom. The summed E-state index contributed by atoms with van der Waals surface area (Å²) in [5, 5.41) is 7.56. The van der Waals surface area contributed by atoms with Crippen LogP contribution in [0.5, 0.6) is 0 Å². The zero-order valence-corrected chi connectivity index (χ0v) is 23.2. The number of piperidine rings is 1. The molecule has 1 amide bonds. The van der Waals surface area contributed by atoms with Crippen molar-refractivity contribution in [2.24, 2.45) is 0 Å². The van der Waals surface area contributed by atoms with Gasteiger partial charge in [-0.1, -0.05) is 18.7 Å². The van der Waals surface area contributed by atoms with Gasteiger partial charge in [-0.25, -0.2) is 9.97 Å². The van der Waals surface area contributed by atoms with Crippen LogP contribution in [0.2, 0.25) is 0 Å². The maximum atomic E-state index is 11.7. The number of pyridine rings is 1. The van der Waals surface area contributed by atoms with Gasteiger partial charge < -0.3 is 25.3 Å². The quantitative estimate of drug-likeness (QED) is 0.270. The Hall–Kier alpha value is -4.28. The lowest BCUT2D eigenvalue weighted by Crippen LogP contribution is -2.46. The van der Waals surface area contributed by atoms with Crippen molar-refractivity contribution in [3.05, 3.63) is 78.9 Å². The molecule has 2 saturated heterocycles. The summed E-state index contributed by atoms with van der Waals surface area (Å²) in [5.74, 6) is 0.851. The van der Waals surface area contributed by atoms with Crippen LogP contribution in [0.4, 0.5) is 11.5 Å². The number of benzene rings is 1. The van der Waals surface area contributed by atoms with E-state index in [1.165, 1.54) is 11.6 Å². The second-order valence-electron chi connectivity index (χ2n) is 10.6.